The molecule has 0 radical (unpaired) electrons. The van der Waals surface area contributed by atoms with Crippen LogP contribution in [0.3, 0.4) is 0 Å². The van der Waals surface area contributed by atoms with E-state index in [-0.39, 0.29) is 26.1 Å². The van der Waals surface area contributed by atoms with Crippen molar-refractivity contribution in [3.05, 3.63) is 143 Å². The van der Waals surface area contributed by atoms with E-state index < -0.39 is 44.8 Å². The summed E-state index contributed by atoms with van der Waals surface area (Å²) in [5, 5.41) is 21.1. The Morgan fingerprint density at radius 3 is 1.31 bits per heavy atom. The zero-order valence-electron chi connectivity index (χ0n) is 23.7. The van der Waals surface area contributed by atoms with E-state index in [0.29, 0.717) is 0 Å². The Morgan fingerprint density at radius 1 is 0.548 bits per heavy atom. The molecular weight excluding hydrogens is 548 g/mol. The van der Waals surface area contributed by atoms with Crippen LogP contribution in [0.4, 0.5) is 0 Å². The van der Waals surface area contributed by atoms with Crippen LogP contribution in [0.25, 0.3) is 0 Å². The molecule has 0 saturated carbocycles. The maximum atomic E-state index is 14.8. The Balaban J connectivity index is 1.56. The summed E-state index contributed by atoms with van der Waals surface area (Å²) < 4.78 is 42.0. The van der Waals surface area contributed by atoms with Gasteiger partial charge in [0.05, 0.1) is 23.7 Å². The van der Waals surface area contributed by atoms with Gasteiger partial charge in [0, 0.05) is 0 Å². The molecule has 1 aliphatic rings. The molecule has 0 unspecified atom stereocenters. The van der Waals surface area contributed by atoms with Gasteiger partial charge in [-0.1, -0.05) is 121 Å². The average Bonchev–Trinajstić information content (AvgIpc) is 3.06. The molecule has 1 heterocycles. The van der Waals surface area contributed by atoms with Crippen LogP contribution >= 0.6 is 0 Å². The Labute approximate surface area is 248 Å². The molecule has 4 aromatic rings. The van der Waals surface area contributed by atoms with Gasteiger partial charge in [-0.25, -0.2) is 8.42 Å². The molecule has 5 rings (SSSR count). The molecule has 42 heavy (non-hydrogen) atoms. The first-order valence-corrected chi connectivity index (χ1v) is 15.9. The molecule has 7 heteroatoms. The lowest BCUT2D eigenvalue weighted by Crippen LogP contribution is -2.49. The van der Waals surface area contributed by atoms with Crippen molar-refractivity contribution in [2.45, 2.75) is 67.9 Å². The molecule has 4 aromatic carbocycles. The number of aryl methyl sites for hydroxylation is 1. The molecule has 0 bridgehead atoms. The highest BCUT2D eigenvalue weighted by molar-refractivity contribution is 7.92. The zero-order chi connectivity index (χ0) is 29.5. The Kier molecular flexibility index (Phi) is 9.88. The van der Waals surface area contributed by atoms with E-state index in [4.69, 9.17) is 9.47 Å². The quantitative estimate of drug-likeness (QED) is 0.276. The first-order chi connectivity index (χ1) is 20.3. The zero-order valence-corrected chi connectivity index (χ0v) is 24.5. The maximum absolute atomic E-state index is 14.8. The lowest BCUT2D eigenvalue weighted by Gasteiger charge is -2.30. The van der Waals surface area contributed by atoms with Crippen LogP contribution in [0.5, 0.6) is 0 Å². The lowest BCUT2D eigenvalue weighted by molar-refractivity contribution is -0.139. The first-order valence-electron chi connectivity index (χ1n) is 14.3. The van der Waals surface area contributed by atoms with Gasteiger partial charge in [-0.3, -0.25) is 0 Å². The summed E-state index contributed by atoms with van der Waals surface area (Å²) in [5.74, 6) is 0. The van der Waals surface area contributed by atoms with Crippen molar-refractivity contribution in [3.8, 4) is 0 Å². The van der Waals surface area contributed by atoms with Crippen LogP contribution in [0, 0.1) is 6.92 Å². The molecule has 1 aliphatic heterocycles. The van der Waals surface area contributed by atoms with Crippen molar-refractivity contribution < 1.29 is 28.1 Å². The number of rotatable bonds is 10. The van der Waals surface area contributed by atoms with Crippen LogP contribution < -0.4 is 0 Å². The fraction of sp³-hybridized carbons (Fsp3) is 0.314. The molecule has 0 spiro atoms. The number of benzene rings is 4. The van der Waals surface area contributed by atoms with Gasteiger partial charge in [-0.15, -0.1) is 0 Å². The third kappa shape index (κ3) is 7.17. The van der Waals surface area contributed by atoms with Crippen molar-refractivity contribution in [1.82, 2.24) is 0 Å². The minimum atomic E-state index is -4.05. The Morgan fingerprint density at radius 2 is 0.905 bits per heavy atom. The van der Waals surface area contributed by atoms with E-state index in [2.05, 4.69) is 0 Å². The molecule has 0 amide bonds. The molecule has 2 N–H and O–H groups in total. The van der Waals surface area contributed by atoms with E-state index in [1.54, 1.807) is 0 Å². The topological polar surface area (TPSA) is 93.1 Å². The first kappa shape index (κ1) is 30.1. The largest absolute Gasteiger partial charge is 0.388 e. The van der Waals surface area contributed by atoms with E-state index in [1.165, 1.54) is 0 Å². The van der Waals surface area contributed by atoms with Crippen molar-refractivity contribution in [1.29, 1.82) is 0 Å². The maximum Gasteiger partial charge on any atom is 0.161 e. The van der Waals surface area contributed by atoms with Gasteiger partial charge >= 0.3 is 0 Å². The monoisotopic (exact) mass is 586 g/mol. The second kappa shape index (κ2) is 13.8. The van der Waals surface area contributed by atoms with Crippen LogP contribution in [0.2, 0.25) is 0 Å². The molecule has 1 fully saturated rings. The normalized spacial score (nSPS) is 25.5. The Hall–Kier alpha value is -3.33. The second-order valence-corrected chi connectivity index (χ2v) is 13.4. The molecule has 1 saturated heterocycles. The highest BCUT2D eigenvalue weighted by atomic mass is 32.2. The number of hydrogen-bond acceptors (Lipinski definition) is 6. The number of ether oxygens (including phenoxy) is 2. The van der Waals surface area contributed by atoms with Crippen molar-refractivity contribution in [3.63, 3.8) is 0 Å². The fourth-order valence-corrected chi connectivity index (χ4v) is 8.17. The predicted molar refractivity (Wildman–Crippen MR) is 164 cm³/mol. The summed E-state index contributed by atoms with van der Waals surface area (Å²) in [7, 11) is -4.05. The average molecular weight is 587 g/mol. The van der Waals surface area contributed by atoms with E-state index in [1.807, 2.05) is 122 Å². The third-order valence-electron chi connectivity index (χ3n) is 8.01. The van der Waals surface area contributed by atoms with E-state index in [9.17, 15) is 18.6 Å². The van der Waals surface area contributed by atoms with Crippen LogP contribution in [-0.4, -0.2) is 53.5 Å². The van der Waals surface area contributed by atoms with E-state index in [0.717, 1.165) is 27.8 Å². The molecule has 6 atom stereocenters. The van der Waals surface area contributed by atoms with Gasteiger partial charge in [-0.2, -0.15) is 0 Å². The van der Waals surface area contributed by atoms with Crippen molar-refractivity contribution in [2.75, 3.05) is 0 Å². The van der Waals surface area contributed by atoms with E-state index >= 15 is 0 Å². The van der Waals surface area contributed by atoms with Gasteiger partial charge in [0.2, 0.25) is 0 Å². The summed E-state index contributed by atoms with van der Waals surface area (Å²) in [6.07, 6.45) is -5.11. The summed E-state index contributed by atoms with van der Waals surface area (Å²) in [5.41, 5.74) is 4.36. The van der Waals surface area contributed by atoms with Crippen molar-refractivity contribution >= 4 is 9.84 Å². The number of aliphatic hydroxyl groups is 2. The number of hydrogen-bond donors (Lipinski definition) is 2. The highest BCUT2D eigenvalue weighted by Crippen LogP contribution is 2.35. The van der Waals surface area contributed by atoms with Gasteiger partial charge in [-0.05, 0) is 42.0 Å². The lowest BCUT2D eigenvalue weighted by atomic mass is 9.94. The van der Waals surface area contributed by atoms with Gasteiger partial charge in [0.1, 0.15) is 24.4 Å². The minimum Gasteiger partial charge on any atom is -0.388 e. The second-order valence-electron chi connectivity index (χ2n) is 11.0. The molecule has 0 aliphatic carbocycles. The SMILES string of the molecule is Cc1ccc(C[C@@H]2[C@H](OCc3ccccc3)[C@H](O)[C@@H](O)[C@@H](OCc3ccccc3)[C@@H](Cc3ccccc3)S2(=O)=O)cc1. The molecular formula is C35H38O6S. The number of sulfone groups is 1. The predicted octanol–water partition coefficient (Wildman–Crippen LogP) is 4.84. The number of aliphatic hydroxyl groups excluding tert-OH is 2. The molecule has 0 aromatic heterocycles. The van der Waals surface area contributed by atoms with Crippen LogP contribution in [-0.2, 0) is 45.4 Å². The van der Waals surface area contributed by atoms with Gasteiger partial charge in [0.15, 0.2) is 9.84 Å². The summed E-state index contributed by atoms with van der Waals surface area (Å²) in [6.45, 7) is 2.16. The summed E-state index contributed by atoms with van der Waals surface area (Å²) in [6, 6.07) is 35.8. The summed E-state index contributed by atoms with van der Waals surface area (Å²) >= 11 is 0. The van der Waals surface area contributed by atoms with Gasteiger partial charge < -0.3 is 19.7 Å². The highest BCUT2D eigenvalue weighted by Gasteiger charge is 2.54. The fourth-order valence-electron chi connectivity index (χ4n) is 5.64. The molecule has 220 valence electrons. The third-order valence-corrected chi connectivity index (χ3v) is 10.6. The minimum absolute atomic E-state index is 0.0914. The van der Waals surface area contributed by atoms with Crippen LogP contribution in [0.15, 0.2) is 115 Å². The van der Waals surface area contributed by atoms with Crippen molar-refractivity contribution in [2.24, 2.45) is 0 Å². The van der Waals surface area contributed by atoms with Crippen LogP contribution in [0.1, 0.15) is 27.8 Å². The summed E-state index contributed by atoms with van der Waals surface area (Å²) in [4.78, 5) is 0. The standard InChI is InChI=1S/C35H38O6S/c1-25-17-19-27(20-18-25)22-31-35(41-24-29-15-9-4-10-16-29)33(37)32(36)34(40-23-28-13-7-3-8-14-28)30(42(31,38)39)21-26-11-5-2-6-12-26/h2-20,30-37H,21-24H2,1H3/t30-,31-,32-,33-,34+,35+/m1/s1. The van der Waals surface area contributed by atoms with Gasteiger partial charge in [0.25, 0.3) is 0 Å². The molecule has 6 nitrogen and oxygen atoms in total. The smallest absolute Gasteiger partial charge is 0.161 e. The Bertz CT molecular complexity index is 1490.